The van der Waals surface area contributed by atoms with Crippen molar-refractivity contribution in [3.8, 4) is 5.75 Å². The lowest BCUT2D eigenvalue weighted by Crippen LogP contribution is -1.96. The number of methoxy groups -OCH3 is 1. The van der Waals surface area contributed by atoms with E-state index >= 15 is 0 Å². The normalized spacial score (nSPS) is 10.2. The van der Waals surface area contributed by atoms with Crippen molar-refractivity contribution in [2.45, 2.75) is 19.8 Å². The third kappa shape index (κ3) is 2.17. The van der Waals surface area contributed by atoms with Gasteiger partial charge in [0.1, 0.15) is 5.82 Å². The van der Waals surface area contributed by atoms with Crippen LogP contribution in [-0.4, -0.2) is 7.11 Å². The van der Waals surface area contributed by atoms with Gasteiger partial charge in [0.2, 0.25) is 0 Å². The van der Waals surface area contributed by atoms with Gasteiger partial charge in [-0.3, -0.25) is 0 Å². The molecule has 0 bridgehead atoms. The summed E-state index contributed by atoms with van der Waals surface area (Å²) in [5, 5.41) is 0. The molecule has 0 saturated heterocycles. The number of hydrogen-bond donors (Lipinski definition) is 0. The summed E-state index contributed by atoms with van der Waals surface area (Å²) in [7, 11) is 1.38. The lowest BCUT2D eigenvalue weighted by atomic mass is 10.1. The van der Waals surface area contributed by atoms with Gasteiger partial charge in [0.15, 0.2) is 11.6 Å². The highest BCUT2D eigenvalue weighted by Gasteiger charge is 2.10. The van der Waals surface area contributed by atoms with Gasteiger partial charge < -0.3 is 4.74 Å². The SMILES string of the molecule is CCCc1cc(F)cc(F)c1OC. The Kier molecular flexibility index (Phi) is 3.23. The number of aryl methyl sites for hydroxylation is 1. The maximum Gasteiger partial charge on any atom is 0.168 e. The maximum atomic E-state index is 13.1. The van der Waals surface area contributed by atoms with Gasteiger partial charge in [-0.15, -0.1) is 0 Å². The molecule has 72 valence electrons. The fourth-order valence-corrected chi connectivity index (χ4v) is 1.30. The highest BCUT2D eigenvalue weighted by molar-refractivity contribution is 5.35. The van der Waals surface area contributed by atoms with E-state index < -0.39 is 11.6 Å². The van der Waals surface area contributed by atoms with Crippen molar-refractivity contribution >= 4 is 0 Å². The van der Waals surface area contributed by atoms with Crippen molar-refractivity contribution < 1.29 is 13.5 Å². The molecule has 0 saturated carbocycles. The first-order chi connectivity index (χ1) is 6.19. The maximum absolute atomic E-state index is 13.1. The minimum atomic E-state index is -0.633. The van der Waals surface area contributed by atoms with E-state index in [1.165, 1.54) is 13.2 Å². The zero-order chi connectivity index (χ0) is 9.84. The minimum absolute atomic E-state index is 0.156. The van der Waals surface area contributed by atoms with Gasteiger partial charge in [-0.1, -0.05) is 13.3 Å². The number of benzene rings is 1. The van der Waals surface area contributed by atoms with Crippen molar-refractivity contribution in [3.63, 3.8) is 0 Å². The van der Waals surface area contributed by atoms with Gasteiger partial charge in [-0.25, -0.2) is 8.78 Å². The summed E-state index contributed by atoms with van der Waals surface area (Å²) in [6.45, 7) is 1.95. The van der Waals surface area contributed by atoms with Crippen LogP contribution in [-0.2, 0) is 6.42 Å². The van der Waals surface area contributed by atoms with E-state index in [1.807, 2.05) is 6.92 Å². The van der Waals surface area contributed by atoms with Crippen LogP contribution in [0, 0.1) is 11.6 Å². The van der Waals surface area contributed by atoms with Crippen LogP contribution in [0.1, 0.15) is 18.9 Å². The third-order valence-corrected chi connectivity index (χ3v) is 1.81. The van der Waals surface area contributed by atoms with Crippen molar-refractivity contribution in [1.82, 2.24) is 0 Å². The predicted octanol–water partition coefficient (Wildman–Crippen LogP) is 2.93. The largest absolute Gasteiger partial charge is 0.493 e. The Morgan fingerprint density at radius 2 is 2.00 bits per heavy atom. The van der Waals surface area contributed by atoms with Crippen molar-refractivity contribution in [3.05, 3.63) is 29.3 Å². The summed E-state index contributed by atoms with van der Waals surface area (Å²) in [5.41, 5.74) is 0.586. The summed E-state index contributed by atoms with van der Waals surface area (Å²) >= 11 is 0. The highest BCUT2D eigenvalue weighted by Crippen LogP contribution is 2.24. The molecule has 1 rings (SSSR count). The van der Waals surface area contributed by atoms with Gasteiger partial charge in [0.25, 0.3) is 0 Å². The Bertz CT molecular complexity index is 297. The van der Waals surface area contributed by atoms with E-state index in [0.717, 1.165) is 12.5 Å². The average molecular weight is 186 g/mol. The molecular weight excluding hydrogens is 174 g/mol. The minimum Gasteiger partial charge on any atom is -0.493 e. The molecular formula is C10H12F2O. The van der Waals surface area contributed by atoms with E-state index in [9.17, 15) is 8.78 Å². The highest BCUT2D eigenvalue weighted by atomic mass is 19.1. The number of hydrogen-bond acceptors (Lipinski definition) is 1. The molecule has 0 radical (unpaired) electrons. The topological polar surface area (TPSA) is 9.23 Å². The number of rotatable bonds is 3. The molecule has 1 nitrogen and oxygen atoms in total. The van der Waals surface area contributed by atoms with Crippen LogP contribution in [0.2, 0.25) is 0 Å². The number of halogens is 2. The fourth-order valence-electron chi connectivity index (χ4n) is 1.30. The Labute approximate surface area is 76.3 Å². The van der Waals surface area contributed by atoms with E-state index in [1.54, 1.807) is 0 Å². The summed E-state index contributed by atoms with van der Waals surface area (Å²) in [6, 6.07) is 2.14. The van der Waals surface area contributed by atoms with E-state index in [4.69, 9.17) is 4.74 Å². The second-order valence-electron chi connectivity index (χ2n) is 2.83. The zero-order valence-electron chi connectivity index (χ0n) is 7.73. The Hall–Kier alpha value is -1.12. The van der Waals surface area contributed by atoms with Crippen molar-refractivity contribution in [2.75, 3.05) is 7.11 Å². The monoisotopic (exact) mass is 186 g/mol. The molecule has 13 heavy (non-hydrogen) atoms. The number of ether oxygens (including phenoxy) is 1. The molecule has 1 aromatic rings. The van der Waals surface area contributed by atoms with Crippen LogP contribution in [0.25, 0.3) is 0 Å². The zero-order valence-corrected chi connectivity index (χ0v) is 7.73. The molecule has 0 aromatic heterocycles. The molecule has 0 unspecified atom stereocenters. The molecule has 0 amide bonds. The van der Waals surface area contributed by atoms with Crippen molar-refractivity contribution in [1.29, 1.82) is 0 Å². The lowest BCUT2D eigenvalue weighted by molar-refractivity contribution is 0.378. The first kappa shape index (κ1) is 9.96. The van der Waals surface area contributed by atoms with Gasteiger partial charge in [0.05, 0.1) is 7.11 Å². The van der Waals surface area contributed by atoms with Gasteiger partial charge in [-0.2, -0.15) is 0 Å². The Morgan fingerprint density at radius 1 is 1.31 bits per heavy atom. The molecule has 0 fully saturated rings. The quantitative estimate of drug-likeness (QED) is 0.705. The van der Waals surface area contributed by atoms with E-state index in [2.05, 4.69) is 0 Å². The molecule has 0 aliphatic carbocycles. The molecule has 0 aliphatic rings. The van der Waals surface area contributed by atoms with Gasteiger partial charge >= 0.3 is 0 Å². The van der Waals surface area contributed by atoms with Crippen LogP contribution in [0.3, 0.4) is 0 Å². The molecule has 0 atom stereocenters. The Morgan fingerprint density at radius 3 is 2.54 bits per heavy atom. The second kappa shape index (κ2) is 4.21. The smallest absolute Gasteiger partial charge is 0.168 e. The Balaban J connectivity index is 3.13. The summed E-state index contributed by atoms with van der Waals surface area (Å²) < 4.78 is 30.7. The molecule has 3 heteroatoms. The first-order valence-corrected chi connectivity index (χ1v) is 4.21. The summed E-state index contributed by atoms with van der Waals surface area (Å²) in [5.74, 6) is -1.03. The van der Waals surface area contributed by atoms with E-state index in [-0.39, 0.29) is 5.75 Å². The van der Waals surface area contributed by atoms with Crippen LogP contribution in [0.5, 0.6) is 5.75 Å². The van der Waals surface area contributed by atoms with Crippen LogP contribution < -0.4 is 4.74 Å². The van der Waals surface area contributed by atoms with Crippen LogP contribution in [0.4, 0.5) is 8.78 Å². The molecule has 0 aliphatic heterocycles. The molecule has 0 N–H and O–H groups in total. The van der Waals surface area contributed by atoms with Gasteiger partial charge in [0, 0.05) is 11.6 Å². The molecule has 1 aromatic carbocycles. The third-order valence-electron chi connectivity index (χ3n) is 1.81. The van der Waals surface area contributed by atoms with E-state index in [0.29, 0.717) is 12.0 Å². The fraction of sp³-hybridized carbons (Fsp3) is 0.400. The first-order valence-electron chi connectivity index (χ1n) is 4.21. The second-order valence-corrected chi connectivity index (χ2v) is 2.83. The molecule has 0 heterocycles. The average Bonchev–Trinajstić information content (AvgIpc) is 2.04. The molecule has 0 spiro atoms. The standard InChI is InChI=1S/C10H12F2O/c1-3-4-7-5-8(11)6-9(12)10(7)13-2/h5-6H,3-4H2,1-2H3. The van der Waals surface area contributed by atoms with Crippen molar-refractivity contribution in [2.24, 2.45) is 0 Å². The lowest BCUT2D eigenvalue weighted by Gasteiger charge is -2.08. The summed E-state index contributed by atoms with van der Waals surface area (Å²) in [6.07, 6.45) is 1.46. The predicted molar refractivity (Wildman–Crippen MR) is 46.9 cm³/mol. The van der Waals surface area contributed by atoms with Crippen LogP contribution in [0.15, 0.2) is 12.1 Å². The summed E-state index contributed by atoms with van der Waals surface area (Å²) in [4.78, 5) is 0. The van der Waals surface area contributed by atoms with Crippen LogP contribution >= 0.6 is 0 Å². The van der Waals surface area contributed by atoms with Gasteiger partial charge in [-0.05, 0) is 12.5 Å².